The van der Waals surface area contributed by atoms with E-state index in [9.17, 15) is 9.90 Å². The van der Waals surface area contributed by atoms with Gasteiger partial charge in [0.2, 0.25) is 5.95 Å². The Labute approximate surface area is 200 Å². The highest BCUT2D eigenvalue weighted by molar-refractivity contribution is 7.13. The van der Waals surface area contributed by atoms with Crippen molar-refractivity contribution in [3.63, 3.8) is 0 Å². The van der Waals surface area contributed by atoms with Crippen LogP contribution < -0.4 is 10.5 Å². The van der Waals surface area contributed by atoms with E-state index >= 15 is 0 Å². The number of aliphatic hydroxyl groups is 1. The summed E-state index contributed by atoms with van der Waals surface area (Å²) in [7, 11) is 0. The second-order valence-corrected chi connectivity index (χ2v) is 9.67. The number of halogens is 1. The molecule has 0 spiro atoms. The highest BCUT2D eigenvalue weighted by Gasteiger charge is 2.22. The van der Waals surface area contributed by atoms with Crippen LogP contribution in [0.15, 0.2) is 65.7 Å². The number of fused-ring (bicyclic) bond motifs is 1. The summed E-state index contributed by atoms with van der Waals surface area (Å²) in [5.74, 6) is 0.713. The van der Waals surface area contributed by atoms with Crippen molar-refractivity contribution in [2.75, 3.05) is 37.6 Å². The fourth-order valence-corrected chi connectivity index (χ4v) is 5.28. The van der Waals surface area contributed by atoms with E-state index < -0.39 is 6.10 Å². The van der Waals surface area contributed by atoms with E-state index in [-0.39, 0.29) is 5.56 Å². The fourth-order valence-electron chi connectivity index (χ4n) is 4.09. The average Bonchev–Trinajstić information content (AvgIpc) is 3.15. The third-order valence-corrected chi connectivity index (χ3v) is 7.21. The Kier molecular flexibility index (Phi) is 6.41. The normalized spacial score (nSPS) is 15.8. The van der Waals surface area contributed by atoms with Crippen LogP contribution in [0.5, 0.6) is 0 Å². The van der Waals surface area contributed by atoms with E-state index in [0.29, 0.717) is 29.4 Å². The van der Waals surface area contributed by atoms with Crippen LogP contribution >= 0.6 is 23.1 Å². The van der Waals surface area contributed by atoms with Crippen LogP contribution in [-0.2, 0) is 6.54 Å². The molecular formula is C24H24ClN5O2S. The molecule has 2 aromatic carbocycles. The van der Waals surface area contributed by atoms with Gasteiger partial charge in [-0.15, -0.1) is 0 Å². The molecule has 7 nitrogen and oxygen atoms in total. The Bertz CT molecular complexity index is 1280. The van der Waals surface area contributed by atoms with E-state index in [1.54, 1.807) is 3.96 Å². The summed E-state index contributed by atoms with van der Waals surface area (Å²) in [4.78, 5) is 26.0. The fraction of sp³-hybridized carbons (Fsp3) is 0.292. The third kappa shape index (κ3) is 4.94. The van der Waals surface area contributed by atoms with Crippen LogP contribution in [0, 0.1) is 0 Å². The van der Waals surface area contributed by atoms with E-state index in [1.165, 1.54) is 11.5 Å². The van der Waals surface area contributed by atoms with E-state index in [2.05, 4.69) is 19.8 Å². The van der Waals surface area contributed by atoms with E-state index in [4.69, 9.17) is 11.6 Å². The molecule has 33 heavy (non-hydrogen) atoms. The van der Waals surface area contributed by atoms with Gasteiger partial charge in [-0.05, 0) is 29.8 Å². The molecule has 1 aliphatic heterocycles. The second-order valence-electron chi connectivity index (χ2n) is 8.17. The number of anilines is 1. The van der Waals surface area contributed by atoms with Gasteiger partial charge in [0.25, 0.3) is 5.56 Å². The minimum atomic E-state index is -0.600. The van der Waals surface area contributed by atoms with Gasteiger partial charge in [0.1, 0.15) is 0 Å². The Morgan fingerprint density at radius 2 is 1.64 bits per heavy atom. The number of aromatic nitrogens is 3. The van der Waals surface area contributed by atoms with Crippen LogP contribution in [0.25, 0.3) is 21.2 Å². The summed E-state index contributed by atoms with van der Waals surface area (Å²) >= 11 is 7.37. The molecule has 0 aliphatic carbocycles. The molecule has 1 atom stereocenters. The van der Waals surface area contributed by atoms with Gasteiger partial charge >= 0.3 is 0 Å². The predicted octanol–water partition coefficient (Wildman–Crippen LogP) is 3.36. The van der Waals surface area contributed by atoms with Crippen LogP contribution in [0.1, 0.15) is 0 Å². The number of rotatable bonds is 6. The molecule has 0 bridgehead atoms. The van der Waals surface area contributed by atoms with Gasteiger partial charge in [0.15, 0.2) is 0 Å². The van der Waals surface area contributed by atoms with E-state index in [0.717, 1.165) is 42.0 Å². The molecule has 9 heteroatoms. The number of nitrogens with zero attached hydrogens (tertiary/aromatic N) is 5. The number of hydrogen-bond donors (Lipinski definition) is 1. The van der Waals surface area contributed by atoms with Gasteiger partial charge in [0, 0.05) is 55.7 Å². The molecule has 1 aliphatic rings. The first-order valence-electron chi connectivity index (χ1n) is 10.9. The highest BCUT2D eigenvalue weighted by atomic mass is 35.5. The second kappa shape index (κ2) is 9.61. The maximum Gasteiger partial charge on any atom is 0.268 e. The zero-order chi connectivity index (χ0) is 22.8. The summed E-state index contributed by atoms with van der Waals surface area (Å²) < 4.78 is 2.60. The maximum absolute atomic E-state index is 12.5. The smallest absolute Gasteiger partial charge is 0.268 e. The minimum Gasteiger partial charge on any atom is -0.390 e. The van der Waals surface area contributed by atoms with Crippen LogP contribution in [0.3, 0.4) is 0 Å². The molecule has 0 saturated carbocycles. The maximum atomic E-state index is 12.5. The molecule has 1 unspecified atom stereocenters. The van der Waals surface area contributed by atoms with Crippen molar-refractivity contribution in [2.24, 2.45) is 0 Å². The Hall–Kier alpha value is -2.78. The first-order valence-corrected chi connectivity index (χ1v) is 12.0. The van der Waals surface area contributed by atoms with Crippen molar-refractivity contribution < 1.29 is 5.11 Å². The average molecular weight is 482 g/mol. The monoisotopic (exact) mass is 481 g/mol. The lowest BCUT2D eigenvalue weighted by atomic mass is 10.1. The van der Waals surface area contributed by atoms with Crippen molar-refractivity contribution in [2.45, 2.75) is 12.6 Å². The first kappa shape index (κ1) is 22.0. The number of hydrogen-bond acceptors (Lipinski definition) is 7. The number of aliphatic hydroxyl groups excluding tert-OH is 1. The lowest BCUT2D eigenvalue weighted by Gasteiger charge is -2.35. The minimum absolute atomic E-state index is 0.0290. The molecule has 3 heterocycles. The van der Waals surface area contributed by atoms with Gasteiger partial charge in [0.05, 0.1) is 22.7 Å². The van der Waals surface area contributed by atoms with Gasteiger partial charge in [-0.3, -0.25) is 13.7 Å². The molecule has 2 aromatic heterocycles. The van der Waals surface area contributed by atoms with Crippen molar-refractivity contribution in [3.8, 4) is 11.1 Å². The van der Waals surface area contributed by atoms with Crippen molar-refractivity contribution >= 4 is 39.2 Å². The van der Waals surface area contributed by atoms with Gasteiger partial charge < -0.3 is 10.0 Å². The molecule has 170 valence electrons. The molecule has 0 amide bonds. The Morgan fingerprint density at radius 1 is 0.939 bits per heavy atom. The zero-order valence-corrected chi connectivity index (χ0v) is 19.5. The third-order valence-electron chi connectivity index (χ3n) is 5.87. The summed E-state index contributed by atoms with van der Waals surface area (Å²) in [5.41, 5.74) is 1.95. The molecule has 5 rings (SSSR count). The predicted molar refractivity (Wildman–Crippen MR) is 133 cm³/mol. The standard InChI is InChI=1S/C24H24ClN5O2S/c25-19-7-5-17(6-8-19)18-13-26-24(27-14-18)29-11-9-28(10-12-29)15-20(31)16-30-23(32)21-3-1-2-4-22(21)33-30/h1-8,13-14,20,31H,9-12,15-16H2. The van der Waals surface area contributed by atoms with Crippen LogP contribution in [0.4, 0.5) is 5.95 Å². The molecule has 4 aromatic rings. The first-order chi connectivity index (χ1) is 16.1. The Balaban J connectivity index is 1.15. The summed E-state index contributed by atoms with van der Waals surface area (Å²) in [6, 6.07) is 15.2. The summed E-state index contributed by atoms with van der Waals surface area (Å²) in [6.07, 6.45) is 3.08. The SMILES string of the molecule is O=c1c2ccccc2sn1CC(O)CN1CCN(c2ncc(-c3ccc(Cl)cc3)cn2)CC1. The molecule has 1 fully saturated rings. The van der Waals surface area contributed by atoms with Gasteiger partial charge in [-0.25, -0.2) is 9.97 Å². The number of piperazine rings is 1. The van der Waals surface area contributed by atoms with Gasteiger partial charge in [-0.2, -0.15) is 0 Å². The number of β-amino-alcohol motifs (C(OH)–C–C–N with tert-alkyl or cyclic N) is 1. The van der Waals surface area contributed by atoms with Crippen molar-refractivity contribution in [1.29, 1.82) is 0 Å². The molecular weight excluding hydrogens is 458 g/mol. The lowest BCUT2D eigenvalue weighted by molar-refractivity contribution is 0.0966. The molecule has 0 radical (unpaired) electrons. The zero-order valence-electron chi connectivity index (χ0n) is 18.0. The quantitative estimate of drug-likeness (QED) is 0.455. The van der Waals surface area contributed by atoms with Crippen molar-refractivity contribution in [1.82, 2.24) is 18.8 Å². The van der Waals surface area contributed by atoms with E-state index in [1.807, 2.05) is 60.9 Å². The number of benzene rings is 2. The lowest BCUT2D eigenvalue weighted by Crippen LogP contribution is -2.49. The largest absolute Gasteiger partial charge is 0.390 e. The topological polar surface area (TPSA) is 74.5 Å². The van der Waals surface area contributed by atoms with Gasteiger partial charge in [-0.1, -0.05) is 47.4 Å². The highest BCUT2D eigenvalue weighted by Crippen LogP contribution is 2.22. The molecule has 1 saturated heterocycles. The van der Waals surface area contributed by atoms with Crippen LogP contribution in [0.2, 0.25) is 5.02 Å². The van der Waals surface area contributed by atoms with Crippen molar-refractivity contribution in [3.05, 3.63) is 76.3 Å². The van der Waals surface area contributed by atoms with Crippen LogP contribution in [-0.4, -0.2) is 62.8 Å². The summed E-state index contributed by atoms with van der Waals surface area (Å²) in [6.45, 7) is 4.03. The molecule has 1 N–H and O–H groups in total. The summed E-state index contributed by atoms with van der Waals surface area (Å²) in [5, 5.41) is 12.0. The Morgan fingerprint density at radius 3 is 2.33 bits per heavy atom.